The summed E-state index contributed by atoms with van der Waals surface area (Å²) in [5.41, 5.74) is 1.94. The number of carbonyl (C=O) groups is 2. The zero-order valence-electron chi connectivity index (χ0n) is 18.6. The number of nitrogens with zero attached hydrogens (tertiary/aromatic N) is 6. The lowest BCUT2D eigenvalue weighted by Gasteiger charge is -2.20. The van der Waals surface area contributed by atoms with E-state index in [0.717, 1.165) is 18.4 Å². The second-order valence-corrected chi connectivity index (χ2v) is 8.36. The van der Waals surface area contributed by atoms with Crippen molar-refractivity contribution < 1.29 is 19.1 Å². The molecule has 2 amide bonds. The van der Waals surface area contributed by atoms with Gasteiger partial charge in [0.1, 0.15) is 12.3 Å². The summed E-state index contributed by atoms with van der Waals surface area (Å²) in [4.78, 5) is 31.9. The normalized spacial score (nSPS) is 20.6. The molecule has 34 heavy (non-hydrogen) atoms. The summed E-state index contributed by atoms with van der Waals surface area (Å²) in [6.45, 7) is 1.75. The number of rotatable bonds is 4. The van der Waals surface area contributed by atoms with Crippen molar-refractivity contribution in [1.29, 1.82) is 0 Å². The highest BCUT2D eigenvalue weighted by atomic mass is 16.5. The van der Waals surface area contributed by atoms with Gasteiger partial charge in [0.05, 0.1) is 37.7 Å². The van der Waals surface area contributed by atoms with Crippen molar-refractivity contribution in [2.24, 2.45) is 0 Å². The van der Waals surface area contributed by atoms with Crippen LogP contribution in [0.3, 0.4) is 0 Å². The monoisotopic (exact) mass is 466 g/mol. The Kier molecular flexibility index (Phi) is 6.47. The van der Waals surface area contributed by atoms with Crippen LogP contribution in [-0.4, -0.2) is 78.7 Å². The molecule has 0 radical (unpaired) electrons. The molecule has 2 N–H and O–H groups in total. The van der Waals surface area contributed by atoms with Gasteiger partial charge < -0.3 is 19.7 Å². The molecule has 0 aliphatic carbocycles. The second-order valence-electron chi connectivity index (χ2n) is 8.36. The molecule has 2 bridgehead atoms. The number of nitrogens with one attached hydrogen (secondary N) is 2. The van der Waals surface area contributed by atoms with Crippen molar-refractivity contribution in [3.63, 3.8) is 0 Å². The maximum absolute atomic E-state index is 13.1. The van der Waals surface area contributed by atoms with Gasteiger partial charge in [0.2, 0.25) is 5.91 Å². The minimum Gasteiger partial charge on any atom is -0.489 e. The number of aromatic amines is 1. The molecule has 0 saturated carbocycles. The number of likely N-dealkylation sites (tertiary alicyclic amines) is 1. The first kappa shape index (κ1) is 22.0. The van der Waals surface area contributed by atoms with Crippen LogP contribution in [-0.2, 0) is 29.1 Å². The summed E-state index contributed by atoms with van der Waals surface area (Å²) in [5.74, 6) is 0.0528. The number of aryl methyl sites for hydroxylation is 1. The van der Waals surface area contributed by atoms with Crippen LogP contribution in [0.15, 0.2) is 36.9 Å². The largest absolute Gasteiger partial charge is 0.489 e. The predicted octanol–water partition coefficient (Wildman–Crippen LogP) is 0.338. The van der Waals surface area contributed by atoms with Crippen molar-refractivity contribution >= 4 is 11.8 Å². The van der Waals surface area contributed by atoms with Gasteiger partial charge in [-0.05, 0) is 30.5 Å². The summed E-state index contributed by atoms with van der Waals surface area (Å²) < 4.78 is 13.6. The van der Waals surface area contributed by atoms with Gasteiger partial charge >= 0.3 is 0 Å². The number of ether oxygens (including phenoxy) is 2. The van der Waals surface area contributed by atoms with E-state index in [1.54, 1.807) is 40.3 Å². The lowest BCUT2D eigenvalue weighted by Crippen LogP contribution is -2.44. The molecular formula is C22H26N8O4. The standard InChI is InChI=1S/C22H26N8O4/c31-20(5-1-3-15-9-24-25-10-15)29-12-17-19(13-29)34-14-16-11-30(28-27-16)7-8-33-18-4-2-6-23-21(18)22(32)26-17/h2,4,6,9-11,17,19H,1,3,5,7-8,12-14H2,(H,24,25)(H,26,32)/t17-,19-/m0/s1. The predicted molar refractivity (Wildman–Crippen MR) is 118 cm³/mol. The van der Waals surface area contributed by atoms with Gasteiger partial charge in [-0.25, -0.2) is 9.67 Å². The Bertz CT molecular complexity index is 1130. The van der Waals surface area contributed by atoms with Crippen molar-refractivity contribution in [3.05, 3.63) is 53.9 Å². The fourth-order valence-electron chi connectivity index (χ4n) is 4.17. The van der Waals surface area contributed by atoms with Crippen LogP contribution in [0, 0.1) is 0 Å². The van der Waals surface area contributed by atoms with Crippen LogP contribution >= 0.6 is 0 Å². The highest BCUT2D eigenvalue weighted by Crippen LogP contribution is 2.20. The first-order valence-electron chi connectivity index (χ1n) is 11.3. The topological polar surface area (TPSA) is 140 Å². The molecule has 0 spiro atoms. The third-order valence-electron chi connectivity index (χ3n) is 5.94. The van der Waals surface area contributed by atoms with Crippen LogP contribution in [0.25, 0.3) is 0 Å². The Morgan fingerprint density at radius 1 is 1.29 bits per heavy atom. The number of aromatic nitrogens is 6. The van der Waals surface area contributed by atoms with E-state index in [2.05, 4.69) is 30.8 Å². The van der Waals surface area contributed by atoms with E-state index in [-0.39, 0.29) is 30.2 Å². The highest BCUT2D eigenvalue weighted by Gasteiger charge is 2.37. The Labute approximate surface area is 195 Å². The minimum absolute atomic E-state index is 0.0274. The molecule has 1 saturated heterocycles. The molecule has 1 fully saturated rings. The molecule has 5 rings (SSSR count). The van der Waals surface area contributed by atoms with Gasteiger partial charge in [-0.2, -0.15) is 5.10 Å². The quantitative estimate of drug-likeness (QED) is 0.561. The fraction of sp³-hybridized carbons (Fsp3) is 0.455. The van der Waals surface area contributed by atoms with Crippen LogP contribution < -0.4 is 10.1 Å². The van der Waals surface area contributed by atoms with E-state index in [4.69, 9.17) is 9.47 Å². The average Bonchev–Trinajstić information content (AvgIpc) is 3.59. The number of fused-ring (bicyclic) bond motifs is 4. The molecule has 12 nitrogen and oxygen atoms in total. The molecule has 5 heterocycles. The van der Waals surface area contributed by atoms with Gasteiger partial charge in [-0.15, -0.1) is 5.10 Å². The van der Waals surface area contributed by atoms with Gasteiger partial charge in [0.15, 0.2) is 11.4 Å². The SMILES string of the molecule is O=C1N[C@H]2CN(C(=O)CCCc3cn[nH]c3)C[C@@H]2OCc2cn(nn2)CCOc2cccnc21. The van der Waals surface area contributed by atoms with Crippen molar-refractivity contribution in [1.82, 2.24) is 40.4 Å². The Hall–Kier alpha value is -3.80. The molecule has 3 aromatic rings. The number of hydrogen-bond acceptors (Lipinski definition) is 8. The molecular weight excluding hydrogens is 440 g/mol. The number of carbonyl (C=O) groups excluding carboxylic acids is 2. The molecule has 0 unspecified atom stereocenters. The van der Waals surface area contributed by atoms with Crippen molar-refractivity contribution in [3.8, 4) is 5.75 Å². The molecule has 2 aliphatic rings. The summed E-state index contributed by atoms with van der Waals surface area (Å²) in [6, 6.07) is 3.03. The fourth-order valence-corrected chi connectivity index (χ4v) is 4.17. The van der Waals surface area contributed by atoms with Crippen LogP contribution in [0.5, 0.6) is 5.75 Å². The minimum atomic E-state index is -0.391. The highest BCUT2D eigenvalue weighted by molar-refractivity contribution is 5.95. The lowest BCUT2D eigenvalue weighted by molar-refractivity contribution is -0.130. The van der Waals surface area contributed by atoms with Gasteiger partial charge in [0, 0.05) is 31.9 Å². The summed E-state index contributed by atoms with van der Waals surface area (Å²) in [5, 5.41) is 18.0. The Balaban J connectivity index is 1.30. The third-order valence-corrected chi connectivity index (χ3v) is 5.94. The van der Waals surface area contributed by atoms with E-state index < -0.39 is 6.04 Å². The average molecular weight is 467 g/mol. The summed E-state index contributed by atoms with van der Waals surface area (Å²) in [6.07, 6.45) is 8.46. The molecule has 2 aliphatic heterocycles. The van der Waals surface area contributed by atoms with E-state index in [1.165, 1.54) is 0 Å². The molecule has 12 heteroatoms. The van der Waals surface area contributed by atoms with Crippen LogP contribution in [0.2, 0.25) is 0 Å². The summed E-state index contributed by atoms with van der Waals surface area (Å²) >= 11 is 0. The van der Waals surface area contributed by atoms with E-state index in [1.807, 2.05) is 6.20 Å². The van der Waals surface area contributed by atoms with Crippen LogP contribution in [0.4, 0.5) is 0 Å². The van der Waals surface area contributed by atoms with Gasteiger partial charge in [-0.3, -0.25) is 14.7 Å². The third kappa shape index (κ3) is 5.06. The molecule has 178 valence electrons. The van der Waals surface area contributed by atoms with E-state index in [9.17, 15) is 9.59 Å². The van der Waals surface area contributed by atoms with Crippen molar-refractivity contribution in [2.75, 3.05) is 19.7 Å². The number of pyridine rings is 1. The number of H-pyrrole nitrogens is 1. The molecule has 0 aromatic carbocycles. The lowest BCUT2D eigenvalue weighted by atomic mass is 10.1. The maximum atomic E-state index is 13.1. The maximum Gasteiger partial charge on any atom is 0.274 e. The first-order valence-corrected chi connectivity index (χ1v) is 11.3. The van der Waals surface area contributed by atoms with Gasteiger partial charge in [-0.1, -0.05) is 5.21 Å². The summed E-state index contributed by atoms with van der Waals surface area (Å²) in [7, 11) is 0. The van der Waals surface area contributed by atoms with Crippen molar-refractivity contribution in [2.45, 2.75) is 44.6 Å². The number of hydrogen-bond donors (Lipinski definition) is 2. The van der Waals surface area contributed by atoms with Crippen LogP contribution in [0.1, 0.15) is 34.6 Å². The smallest absolute Gasteiger partial charge is 0.274 e. The zero-order chi connectivity index (χ0) is 23.3. The molecule has 3 aromatic heterocycles. The Morgan fingerprint density at radius 3 is 3.12 bits per heavy atom. The molecule has 2 atom stereocenters. The van der Waals surface area contributed by atoms with Gasteiger partial charge in [0.25, 0.3) is 5.91 Å². The first-order chi connectivity index (χ1) is 16.7. The zero-order valence-corrected chi connectivity index (χ0v) is 18.6. The van der Waals surface area contributed by atoms with E-state index >= 15 is 0 Å². The van der Waals surface area contributed by atoms with E-state index in [0.29, 0.717) is 44.1 Å². The number of amides is 2. The second kappa shape index (κ2) is 10.00. The Morgan fingerprint density at radius 2 is 2.24 bits per heavy atom.